The monoisotopic (exact) mass is 235 g/mol. The molecule has 0 radical (unpaired) electrons. The topological polar surface area (TPSA) is 28.2 Å². The van der Waals surface area contributed by atoms with Crippen LogP contribution in [0.3, 0.4) is 0 Å². The van der Waals surface area contributed by atoms with Crippen LogP contribution in [0.4, 0.5) is 5.82 Å². The minimum absolute atomic E-state index is 0.884. The zero-order chi connectivity index (χ0) is 12.8. The molecule has 0 bridgehead atoms. The Bertz CT molecular complexity index is 361. The lowest BCUT2D eigenvalue weighted by Crippen LogP contribution is -2.27. The number of nitrogens with zero attached hydrogens (tertiary/aromatic N) is 2. The van der Waals surface area contributed by atoms with Crippen molar-refractivity contribution >= 4 is 5.82 Å². The molecule has 17 heavy (non-hydrogen) atoms. The maximum atomic E-state index is 4.73. The Balaban J connectivity index is 3.17. The lowest BCUT2D eigenvalue weighted by molar-refractivity contribution is 0.747. The minimum Gasteiger partial charge on any atom is -0.357 e. The molecule has 1 N–H and O–H groups in total. The first-order valence-corrected chi connectivity index (χ1v) is 6.50. The quantitative estimate of drug-likeness (QED) is 0.821. The van der Waals surface area contributed by atoms with Crippen LogP contribution in [0.1, 0.15) is 37.1 Å². The summed E-state index contributed by atoms with van der Waals surface area (Å²) in [5, 5.41) is 3.24. The lowest BCUT2D eigenvalue weighted by atomic mass is 10.1. The van der Waals surface area contributed by atoms with Gasteiger partial charge in [-0.3, -0.25) is 0 Å². The van der Waals surface area contributed by atoms with E-state index in [9.17, 15) is 0 Å². The van der Waals surface area contributed by atoms with Gasteiger partial charge in [0.2, 0.25) is 0 Å². The van der Waals surface area contributed by atoms with Crippen molar-refractivity contribution in [1.29, 1.82) is 0 Å². The number of pyridine rings is 1. The summed E-state index contributed by atoms with van der Waals surface area (Å²) in [5.74, 6) is 1.15. The number of hydrogen-bond donors (Lipinski definition) is 1. The zero-order valence-corrected chi connectivity index (χ0v) is 11.8. The third-order valence-corrected chi connectivity index (χ3v) is 2.98. The van der Waals surface area contributed by atoms with Gasteiger partial charge < -0.3 is 10.2 Å². The average Bonchev–Trinajstić information content (AvgIpc) is 2.29. The third kappa shape index (κ3) is 3.43. The second kappa shape index (κ2) is 6.60. The van der Waals surface area contributed by atoms with Gasteiger partial charge in [-0.2, -0.15) is 0 Å². The predicted octanol–water partition coefficient (Wildman–Crippen LogP) is 2.65. The summed E-state index contributed by atoms with van der Waals surface area (Å²) in [6, 6.07) is 2.16. The molecule has 1 aromatic heterocycles. The Kier molecular flexibility index (Phi) is 5.42. The van der Waals surface area contributed by atoms with Crippen molar-refractivity contribution in [3.8, 4) is 0 Å². The molecule has 3 heteroatoms. The SMILES string of the molecule is CCCN(CC)c1nc(C)cc(C)c1CNC. The molecule has 0 unspecified atom stereocenters. The molecule has 0 aromatic carbocycles. The Hall–Kier alpha value is -1.09. The maximum Gasteiger partial charge on any atom is 0.133 e. The summed E-state index contributed by atoms with van der Waals surface area (Å²) in [5.41, 5.74) is 3.76. The summed E-state index contributed by atoms with van der Waals surface area (Å²) < 4.78 is 0. The molecule has 0 aliphatic rings. The van der Waals surface area contributed by atoms with Crippen molar-refractivity contribution in [2.24, 2.45) is 0 Å². The summed E-state index contributed by atoms with van der Waals surface area (Å²) in [4.78, 5) is 7.10. The van der Waals surface area contributed by atoms with Gasteiger partial charge in [0.1, 0.15) is 5.82 Å². The van der Waals surface area contributed by atoms with E-state index in [4.69, 9.17) is 4.98 Å². The van der Waals surface area contributed by atoms with Crippen LogP contribution in [0.5, 0.6) is 0 Å². The van der Waals surface area contributed by atoms with Crippen LogP contribution < -0.4 is 10.2 Å². The van der Waals surface area contributed by atoms with Crippen LogP contribution in [-0.4, -0.2) is 25.1 Å². The largest absolute Gasteiger partial charge is 0.357 e. The highest BCUT2D eigenvalue weighted by Crippen LogP contribution is 2.22. The third-order valence-electron chi connectivity index (χ3n) is 2.98. The molecule has 0 spiro atoms. The zero-order valence-electron chi connectivity index (χ0n) is 11.8. The molecule has 1 aromatic rings. The number of nitrogens with one attached hydrogen (secondary N) is 1. The average molecular weight is 235 g/mol. The molecular formula is C14H25N3. The van der Waals surface area contributed by atoms with Crippen molar-refractivity contribution in [2.75, 3.05) is 25.0 Å². The fraction of sp³-hybridized carbons (Fsp3) is 0.643. The van der Waals surface area contributed by atoms with Crippen LogP contribution in [0.15, 0.2) is 6.07 Å². The smallest absolute Gasteiger partial charge is 0.133 e. The van der Waals surface area contributed by atoms with E-state index in [1.165, 1.54) is 11.1 Å². The van der Waals surface area contributed by atoms with Gasteiger partial charge in [0, 0.05) is 30.9 Å². The van der Waals surface area contributed by atoms with E-state index in [2.05, 4.69) is 44.0 Å². The van der Waals surface area contributed by atoms with Crippen molar-refractivity contribution < 1.29 is 0 Å². The van der Waals surface area contributed by atoms with E-state index in [-0.39, 0.29) is 0 Å². The van der Waals surface area contributed by atoms with Gasteiger partial charge in [0.15, 0.2) is 0 Å². The van der Waals surface area contributed by atoms with E-state index in [1.807, 2.05) is 7.05 Å². The summed E-state index contributed by atoms with van der Waals surface area (Å²) >= 11 is 0. The number of anilines is 1. The van der Waals surface area contributed by atoms with E-state index in [1.54, 1.807) is 0 Å². The number of aromatic nitrogens is 1. The fourth-order valence-corrected chi connectivity index (χ4v) is 2.18. The maximum absolute atomic E-state index is 4.73. The first kappa shape index (κ1) is 14.0. The Morgan fingerprint density at radius 2 is 2.00 bits per heavy atom. The molecule has 0 amide bonds. The van der Waals surface area contributed by atoms with Gasteiger partial charge >= 0.3 is 0 Å². The van der Waals surface area contributed by atoms with Crippen molar-refractivity contribution in [3.63, 3.8) is 0 Å². The van der Waals surface area contributed by atoms with Gasteiger partial charge in [-0.1, -0.05) is 6.92 Å². The van der Waals surface area contributed by atoms with Crippen molar-refractivity contribution in [3.05, 3.63) is 22.9 Å². The predicted molar refractivity (Wildman–Crippen MR) is 74.7 cm³/mol. The van der Waals surface area contributed by atoms with Crippen molar-refractivity contribution in [1.82, 2.24) is 10.3 Å². The Morgan fingerprint density at radius 1 is 1.29 bits per heavy atom. The van der Waals surface area contributed by atoms with Crippen LogP contribution in [0, 0.1) is 13.8 Å². The highest BCUT2D eigenvalue weighted by atomic mass is 15.2. The molecule has 96 valence electrons. The molecule has 0 saturated carbocycles. The van der Waals surface area contributed by atoms with Gasteiger partial charge in [-0.15, -0.1) is 0 Å². The molecule has 0 aliphatic heterocycles. The van der Waals surface area contributed by atoms with Gasteiger partial charge in [-0.25, -0.2) is 4.98 Å². The highest BCUT2D eigenvalue weighted by molar-refractivity contribution is 5.51. The molecule has 0 saturated heterocycles. The van der Waals surface area contributed by atoms with Crippen LogP contribution in [0.25, 0.3) is 0 Å². The minimum atomic E-state index is 0.884. The molecule has 0 atom stereocenters. The number of rotatable bonds is 6. The van der Waals surface area contributed by atoms with E-state index in [0.29, 0.717) is 0 Å². The number of aryl methyl sites for hydroxylation is 2. The van der Waals surface area contributed by atoms with Gasteiger partial charge in [0.05, 0.1) is 0 Å². The van der Waals surface area contributed by atoms with Gasteiger partial charge in [-0.05, 0) is 45.9 Å². The molecule has 1 heterocycles. The number of hydrogen-bond acceptors (Lipinski definition) is 3. The normalized spacial score (nSPS) is 10.6. The van der Waals surface area contributed by atoms with Gasteiger partial charge in [0.25, 0.3) is 0 Å². The van der Waals surface area contributed by atoms with E-state index < -0.39 is 0 Å². The fourth-order valence-electron chi connectivity index (χ4n) is 2.18. The standard InChI is InChI=1S/C14H25N3/c1-6-8-17(7-2)14-13(10-15-5)11(3)9-12(4)16-14/h9,15H,6-8,10H2,1-5H3. The first-order valence-electron chi connectivity index (χ1n) is 6.50. The van der Waals surface area contributed by atoms with E-state index >= 15 is 0 Å². The van der Waals surface area contributed by atoms with Crippen LogP contribution in [0.2, 0.25) is 0 Å². The lowest BCUT2D eigenvalue weighted by Gasteiger charge is -2.25. The molecule has 0 fully saturated rings. The van der Waals surface area contributed by atoms with Crippen LogP contribution in [-0.2, 0) is 6.54 Å². The summed E-state index contributed by atoms with van der Waals surface area (Å²) in [7, 11) is 1.99. The van der Waals surface area contributed by atoms with E-state index in [0.717, 1.165) is 37.6 Å². The molecule has 1 rings (SSSR count). The highest BCUT2D eigenvalue weighted by Gasteiger charge is 2.13. The molecular weight excluding hydrogens is 210 g/mol. The van der Waals surface area contributed by atoms with Crippen molar-refractivity contribution in [2.45, 2.75) is 40.7 Å². The van der Waals surface area contributed by atoms with Crippen LogP contribution >= 0.6 is 0 Å². The Morgan fingerprint density at radius 3 is 2.53 bits per heavy atom. The summed E-state index contributed by atoms with van der Waals surface area (Å²) in [6.45, 7) is 11.6. The second-order valence-corrected chi connectivity index (χ2v) is 4.49. The Labute approximate surface area is 105 Å². The molecule has 3 nitrogen and oxygen atoms in total. The summed E-state index contributed by atoms with van der Waals surface area (Å²) in [6.07, 6.45) is 1.15. The second-order valence-electron chi connectivity index (χ2n) is 4.49. The first-order chi connectivity index (χ1) is 8.13. The molecule has 0 aliphatic carbocycles.